The van der Waals surface area contributed by atoms with Crippen LogP contribution in [0.2, 0.25) is 0 Å². The van der Waals surface area contributed by atoms with E-state index >= 15 is 0 Å². The van der Waals surface area contributed by atoms with Gasteiger partial charge in [-0.25, -0.2) is 8.78 Å². The first-order chi connectivity index (χ1) is 21.3. The molecule has 4 fully saturated rings. The van der Waals surface area contributed by atoms with Crippen LogP contribution in [0.5, 0.6) is 6.01 Å². The quantitative estimate of drug-likeness (QED) is 0.406. The lowest BCUT2D eigenvalue weighted by molar-refractivity contribution is -0.131. The number of carbonyl (C=O) groups excluding carboxylic acids is 1. The predicted octanol–water partition coefficient (Wildman–Crippen LogP) is 4.54. The molecule has 1 aromatic heterocycles. The van der Waals surface area contributed by atoms with Crippen LogP contribution in [0.1, 0.15) is 72.9 Å². The summed E-state index contributed by atoms with van der Waals surface area (Å²) in [5, 5.41) is 9.50. The summed E-state index contributed by atoms with van der Waals surface area (Å²) in [6.07, 6.45) is 4.31. The fraction of sp³-hybridized carbons (Fsp3) is 0.576. The van der Waals surface area contributed by atoms with Gasteiger partial charge in [-0.2, -0.15) is 15.2 Å². The second-order valence-electron chi connectivity index (χ2n) is 12.9. The Bertz CT molecular complexity index is 1490. The Morgan fingerprint density at radius 1 is 1.18 bits per heavy atom. The molecule has 1 saturated carbocycles. The highest BCUT2D eigenvalue weighted by Crippen LogP contribution is 2.46. The maximum atomic E-state index is 14.5. The molecular formula is C33H38F2N6O3. The third kappa shape index (κ3) is 5.43. The minimum absolute atomic E-state index is 0.0471. The Hall–Kier alpha value is -3.62. The maximum Gasteiger partial charge on any atom is 0.318 e. The van der Waals surface area contributed by atoms with E-state index in [1.54, 1.807) is 0 Å². The van der Waals surface area contributed by atoms with E-state index in [2.05, 4.69) is 41.8 Å². The normalized spacial score (nSPS) is 28.3. The molecular weight excluding hydrogens is 566 g/mol. The van der Waals surface area contributed by atoms with Crippen LogP contribution >= 0.6 is 0 Å². The molecule has 3 saturated heterocycles. The zero-order valence-electron chi connectivity index (χ0n) is 24.9. The van der Waals surface area contributed by atoms with Crippen LogP contribution in [0.15, 0.2) is 36.7 Å². The minimum Gasteiger partial charge on any atom is -0.461 e. The highest BCUT2D eigenvalue weighted by Gasteiger charge is 2.49. The largest absolute Gasteiger partial charge is 0.461 e. The molecule has 0 spiro atoms. The van der Waals surface area contributed by atoms with Gasteiger partial charge in [-0.15, -0.1) is 0 Å². The van der Waals surface area contributed by atoms with Gasteiger partial charge in [-0.05, 0) is 49.3 Å². The molecule has 4 atom stereocenters. The summed E-state index contributed by atoms with van der Waals surface area (Å²) in [5.41, 5.74) is 3.88. The number of alkyl halides is 1. The third-order valence-electron chi connectivity index (χ3n) is 10.1. The molecule has 0 bridgehead atoms. The Morgan fingerprint density at radius 3 is 2.77 bits per heavy atom. The predicted molar refractivity (Wildman–Crippen MR) is 158 cm³/mol. The van der Waals surface area contributed by atoms with Gasteiger partial charge in [0.25, 0.3) is 5.91 Å². The topological polar surface area (TPSA) is 94.8 Å². The van der Waals surface area contributed by atoms with E-state index < -0.39 is 23.9 Å². The van der Waals surface area contributed by atoms with Gasteiger partial charge in [0.05, 0.1) is 42.5 Å². The number of ether oxygens (including phenoxy) is 2. The van der Waals surface area contributed by atoms with E-state index in [4.69, 9.17) is 19.4 Å². The van der Waals surface area contributed by atoms with Crippen molar-refractivity contribution in [1.82, 2.24) is 19.8 Å². The van der Waals surface area contributed by atoms with Crippen molar-refractivity contribution in [3.8, 4) is 12.1 Å². The summed E-state index contributed by atoms with van der Waals surface area (Å²) in [6.45, 7) is 6.00. The molecule has 44 heavy (non-hydrogen) atoms. The van der Waals surface area contributed by atoms with E-state index in [0.717, 1.165) is 30.6 Å². The molecule has 2 aromatic rings. The van der Waals surface area contributed by atoms with Gasteiger partial charge >= 0.3 is 6.01 Å². The number of nitriles is 1. The molecule has 5 aliphatic rings. The highest BCUT2D eigenvalue weighted by molar-refractivity contribution is 5.91. The smallest absolute Gasteiger partial charge is 0.318 e. The molecule has 7 rings (SSSR count). The first-order valence-electron chi connectivity index (χ1n) is 15.7. The van der Waals surface area contributed by atoms with E-state index in [9.17, 15) is 18.8 Å². The number of fused-ring (bicyclic) bond motifs is 2. The summed E-state index contributed by atoms with van der Waals surface area (Å²) >= 11 is 0. The zero-order valence-corrected chi connectivity index (χ0v) is 24.9. The summed E-state index contributed by atoms with van der Waals surface area (Å²) in [7, 11) is 0. The summed E-state index contributed by atoms with van der Waals surface area (Å²) in [4.78, 5) is 27.9. The van der Waals surface area contributed by atoms with Crippen molar-refractivity contribution in [3.63, 3.8) is 0 Å². The molecule has 0 unspecified atom stereocenters. The minimum atomic E-state index is -1.04. The van der Waals surface area contributed by atoms with Crippen molar-refractivity contribution in [2.75, 3.05) is 44.2 Å². The number of amides is 1. The number of nitrogens with zero attached hydrogens (tertiary/aromatic N) is 6. The second-order valence-corrected chi connectivity index (χ2v) is 12.9. The number of halogens is 2. The fourth-order valence-electron chi connectivity index (χ4n) is 7.72. The number of rotatable bonds is 8. The highest BCUT2D eigenvalue weighted by atomic mass is 19.1. The van der Waals surface area contributed by atoms with E-state index in [0.29, 0.717) is 57.4 Å². The van der Waals surface area contributed by atoms with Gasteiger partial charge < -0.3 is 19.3 Å². The Morgan fingerprint density at radius 2 is 2.00 bits per heavy atom. The van der Waals surface area contributed by atoms with E-state index in [-0.39, 0.29) is 30.6 Å². The number of carbonyl (C=O) groups is 1. The molecule has 11 heteroatoms. The van der Waals surface area contributed by atoms with Crippen LogP contribution < -0.4 is 9.64 Å². The van der Waals surface area contributed by atoms with Gasteiger partial charge in [0, 0.05) is 44.6 Å². The number of aromatic nitrogens is 2. The van der Waals surface area contributed by atoms with Gasteiger partial charge in [-0.1, -0.05) is 30.8 Å². The lowest BCUT2D eigenvalue weighted by atomic mass is 9.93. The van der Waals surface area contributed by atoms with Crippen LogP contribution in [-0.2, 0) is 22.6 Å². The zero-order chi connectivity index (χ0) is 30.4. The SMILES string of the molecule is C=C(F)C(=O)N1CCN(c2nc(OC[C@@]34CCCN3C[C@H](F)C4)nc3c2CO[C@H](c2ccccc2C2CC2)C3)C[C@@H]1CC#N. The lowest BCUT2D eigenvalue weighted by Crippen LogP contribution is -2.55. The Labute approximate surface area is 256 Å². The van der Waals surface area contributed by atoms with Crippen molar-refractivity contribution in [3.05, 3.63) is 59.1 Å². The molecule has 1 aliphatic carbocycles. The van der Waals surface area contributed by atoms with Crippen LogP contribution in [0.4, 0.5) is 14.6 Å². The maximum absolute atomic E-state index is 14.5. The van der Waals surface area contributed by atoms with Crippen molar-refractivity contribution >= 4 is 11.7 Å². The van der Waals surface area contributed by atoms with Gasteiger partial charge in [-0.3, -0.25) is 9.69 Å². The lowest BCUT2D eigenvalue weighted by Gasteiger charge is -2.42. The fourth-order valence-corrected chi connectivity index (χ4v) is 7.72. The molecule has 4 aliphatic heterocycles. The van der Waals surface area contributed by atoms with Crippen molar-refractivity contribution in [2.45, 2.75) is 81.3 Å². The second kappa shape index (κ2) is 11.7. The van der Waals surface area contributed by atoms with Gasteiger partial charge in [0.1, 0.15) is 18.6 Å². The van der Waals surface area contributed by atoms with Crippen LogP contribution in [0.3, 0.4) is 0 Å². The van der Waals surface area contributed by atoms with Crippen LogP contribution in [-0.4, -0.2) is 82.8 Å². The molecule has 0 radical (unpaired) electrons. The molecule has 1 amide bonds. The molecule has 1 aromatic carbocycles. The first kappa shape index (κ1) is 29.1. The first-order valence-corrected chi connectivity index (χ1v) is 15.7. The van der Waals surface area contributed by atoms with Crippen molar-refractivity contribution < 1.29 is 23.0 Å². The average molecular weight is 605 g/mol. The number of hydrogen-bond donors (Lipinski definition) is 0. The number of piperazine rings is 1. The van der Waals surface area contributed by atoms with Gasteiger partial charge in [0.2, 0.25) is 0 Å². The van der Waals surface area contributed by atoms with Crippen molar-refractivity contribution in [1.29, 1.82) is 5.26 Å². The number of benzene rings is 1. The third-order valence-corrected chi connectivity index (χ3v) is 10.1. The Balaban J connectivity index is 1.20. The molecule has 0 N–H and O–H groups in total. The van der Waals surface area contributed by atoms with E-state index in [1.807, 2.05) is 4.90 Å². The molecule has 9 nitrogen and oxygen atoms in total. The monoisotopic (exact) mass is 604 g/mol. The van der Waals surface area contributed by atoms with Crippen LogP contribution in [0, 0.1) is 11.3 Å². The van der Waals surface area contributed by atoms with E-state index in [1.165, 1.54) is 28.9 Å². The number of hydrogen-bond acceptors (Lipinski definition) is 8. The van der Waals surface area contributed by atoms with Crippen molar-refractivity contribution in [2.24, 2.45) is 0 Å². The summed E-state index contributed by atoms with van der Waals surface area (Å²) < 4.78 is 41.1. The summed E-state index contributed by atoms with van der Waals surface area (Å²) in [6, 6.07) is 10.3. The number of anilines is 1. The standard InChI is InChI=1S/C33H38F2N6O3/c1-21(34)31(42)41-14-13-39(18-24(41)9-11-36)30-27-19-43-29(26-6-3-2-5-25(26)22-7-8-22)15-28(27)37-32(38-30)44-20-33-10-4-12-40(33)17-23(35)16-33/h2-3,5-6,22-24,29H,1,4,7-10,12-20H2/t23-,24+,29+,33+/m1/s1. The molecule has 5 heterocycles. The average Bonchev–Trinajstić information content (AvgIpc) is 3.73. The molecule has 232 valence electrons. The van der Waals surface area contributed by atoms with Gasteiger partial charge in [0.15, 0.2) is 5.83 Å². The summed E-state index contributed by atoms with van der Waals surface area (Å²) in [5.74, 6) is -0.608. The Kier molecular flexibility index (Phi) is 7.75. The van der Waals surface area contributed by atoms with Crippen LogP contribution in [0.25, 0.3) is 0 Å².